The Kier molecular flexibility index (Phi) is 6.82. The number of benzene rings is 2. The van der Waals surface area contributed by atoms with Crippen molar-refractivity contribution in [2.45, 2.75) is 32.6 Å². The maximum atomic E-state index is 13.7. The highest BCUT2D eigenvalue weighted by Gasteiger charge is 2.33. The van der Waals surface area contributed by atoms with E-state index in [2.05, 4.69) is 15.5 Å². The predicted octanol–water partition coefficient (Wildman–Crippen LogP) is 2.58. The van der Waals surface area contributed by atoms with Crippen LogP contribution in [0.15, 0.2) is 41.3 Å². The Morgan fingerprint density at radius 3 is 2.23 bits per heavy atom. The first-order valence-corrected chi connectivity index (χ1v) is 12.6. The first-order valence-electron chi connectivity index (χ1n) is 11.2. The number of aromatic nitrogens is 4. The van der Waals surface area contributed by atoms with Crippen molar-refractivity contribution < 1.29 is 17.6 Å². The lowest BCUT2D eigenvalue weighted by Crippen LogP contribution is -2.51. The molecule has 1 amide bonds. The van der Waals surface area contributed by atoms with Gasteiger partial charge in [-0.2, -0.15) is 8.99 Å². The van der Waals surface area contributed by atoms with E-state index in [1.807, 2.05) is 19.1 Å². The summed E-state index contributed by atoms with van der Waals surface area (Å²) in [7, 11) is -3.71. The summed E-state index contributed by atoms with van der Waals surface area (Å²) < 4.78 is 43.3. The van der Waals surface area contributed by atoms with Gasteiger partial charge in [-0.15, -0.1) is 5.10 Å². The quantitative estimate of drug-likeness (QED) is 0.501. The van der Waals surface area contributed by atoms with E-state index in [1.54, 1.807) is 37.8 Å². The van der Waals surface area contributed by atoms with E-state index in [-0.39, 0.29) is 37.8 Å². The van der Waals surface area contributed by atoms with Crippen molar-refractivity contribution >= 4 is 27.7 Å². The predicted molar refractivity (Wildman–Crippen MR) is 129 cm³/mol. The Hall–Kier alpha value is -3.44. The summed E-state index contributed by atoms with van der Waals surface area (Å²) in [6.07, 6.45) is 1.52. The highest BCUT2D eigenvalue weighted by atomic mass is 32.2. The van der Waals surface area contributed by atoms with Crippen LogP contribution in [-0.4, -0.2) is 69.9 Å². The number of hydrogen-bond acceptors (Lipinski definition) is 6. The molecular formula is C24H27FN6O3S. The summed E-state index contributed by atoms with van der Waals surface area (Å²) in [5, 5.41) is 11.4. The molecule has 0 bridgehead atoms. The van der Waals surface area contributed by atoms with Gasteiger partial charge in [-0.1, -0.05) is 29.8 Å². The normalized spacial score (nSPS) is 15.5. The molecule has 0 aliphatic carbocycles. The third-order valence-corrected chi connectivity index (χ3v) is 8.16. The molecule has 2 aromatic carbocycles. The zero-order valence-electron chi connectivity index (χ0n) is 20.1. The molecule has 4 rings (SSSR count). The maximum absolute atomic E-state index is 13.7. The van der Waals surface area contributed by atoms with Gasteiger partial charge in [0.2, 0.25) is 10.0 Å². The summed E-state index contributed by atoms with van der Waals surface area (Å²) in [5.41, 5.74) is 3.05. The van der Waals surface area contributed by atoms with Gasteiger partial charge in [0.15, 0.2) is 5.82 Å². The molecule has 184 valence electrons. The molecule has 0 unspecified atom stereocenters. The minimum Gasteiger partial charge on any atom is -0.335 e. The maximum Gasteiger partial charge on any atom is 0.272 e. The number of tetrazole rings is 1. The van der Waals surface area contributed by atoms with Gasteiger partial charge in [0, 0.05) is 26.2 Å². The number of amides is 1. The molecule has 9 nitrogen and oxygen atoms in total. The Labute approximate surface area is 203 Å². The molecule has 1 saturated heterocycles. The summed E-state index contributed by atoms with van der Waals surface area (Å²) in [4.78, 5) is 15.4. The van der Waals surface area contributed by atoms with Crippen LogP contribution in [0.5, 0.6) is 0 Å². The van der Waals surface area contributed by atoms with Crippen LogP contribution >= 0.6 is 0 Å². The van der Waals surface area contributed by atoms with Crippen LogP contribution in [0.2, 0.25) is 0 Å². The number of sulfonamides is 1. The molecule has 0 radical (unpaired) electrons. The van der Waals surface area contributed by atoms with Gasteiger partial charge in [-0.3, -0.25) is 4.79 Å². The molecule has 0 atom stereocenters. The number of piperazine rings is 1. The number of carbonyl (C=O) groups is 1. The molecule has 1 aromatic heterocycles. The number of carbonyl (C=O) groups excluding carboxylic acids is 1. The smallest absolute Gasteiger partial charge is 0.272 e. The van der Waals surface area contributed by atoms with Crippen molar-refractivity contribution in [1.82, 2.24) is 29.4 Å². The first kappa shape index (κ1) is 24.7. The van der Waals surface area contributed by atoms with Gasteiger partial charge in [-0.25, -0.2) is 12.8 Å². The molecule has 2 heterocycles. The molecule has 0 saturated carbocycles. The van der Waals surface area contributed by atoms with Gasteiger partial charge in [0.25, 0.3) is 5.91 Å². The van der Waals surface area contributed by atoms with E-state index in [0.29, 0.717) is 27.4 Å². The minimum absolute atomic E-state index is 0.152. The number of rotatable bonds is 5. The number of nitrogens with zero attached hydrogens (tertiary/aromatic N) is 6. The molecule has 0 spiro atoms. The summed E-state index contributed by atoms with van der Waals surface area (Å²) in [6.45, 7) is 7.89. The Balaban J connectivity index is 1.58. The summed E-state index contributed by atoms with van der Waals surface area (Å²) in [6, 6.07) is 9.57. The van der Waals surface area contributed by atoms with E-state index >= 15 is 0 Å². The van der Waals surface area contributed by atoms with E-state index in [0.717, 1.165) is 5.56 Å². The van der Waals surface area contributed by atoms with Crippen LogP contribution in [0, 0.1) is 33.5 Å². The van der Waals surface area contributed by atoms with Gasteiger partial charge >= 0.3 is 0 Å². The van der Waals surface area contributed by atoms with Crippen LogP contribution in [0.25, 0.3) is 11.8 Å². The average molecular weight is 499 g/mol. The Morgan fingerprint density at radius 2 is 1.66 bits per heavy atom. The van der Waals surface area contributed by atoms with Crippen molar-refractivity contribution in [3.05, 3.63) is 70.3 Å². The molecule has 3 aromatic rings. The second-order valence-electron chi connectivity index (χ2n) is 8.65. The van der Waals surface area contributed by atoms with Crippen molar-refractivity contribution in [3.8, 4) is 0 Å². The van der Waals surface area contributed by atoms with Gasteiger partial charge < -0.3 is 4.90 Å². The fourth-order valence-corrected chi connectivity index (χ4v) is 6.25. The standard InChI is InChI=1S/C24H27FN6O3S/c1-16-12-17(2)23(18(3)13-16)35(33,34)30-10-8-29(9-11-30)24(32)22(31-19(4)26-27-28-31)15-20-6-5-7-21(25)14-20/h5-7,12-15H,8-11H2,1-4H3/b22-15-. The first-order chi connectivity index (χ1) is 16.6. The number of aryl methyl sites for hydroxylation is 4. The molecule has 1 aliphatic heterocycles. The van der Waals surface area contributed by atoms with Crippen molar-refractivity contribution in [2.75, 3.05) is 26.2 Å². The molecule has 1 aliphatic rings. The molecule has 11 heteroatoms. The Bertz CT molecular complexity index is 1390. The van der Waals surface area contributed by atoms with E-state index in [4.69, 9.17) is 0 Å². The monoisotopic (exact) mass is 498 g/mol. The second-order valence-corrected chi connectivity index (χ2v) is 10.5. The third kappa shape index (κ3) is 5.01. The zero-order valence-corrected chi connectivity index (χ0v) is 20.9. The van der Waals surface area contributed by atoms with Crippen LogP contribution in [0.4, 0.5) is 4.39 Å². The lowest BCUT2D eigenvalue weighted by atomic mass is 10.1. The van der Waals surface area contributed by atoms with E-state index in [1.165, 1.54) is 27.2 Å². The summed E-state index contributed by atoms with van der Waals surface area (Å²) >= 11 is 0. The van der Waals surface area contributed by atoms with Gasteiger partial charge in [-0.05, 0) is 73.0 Å². The van der Waals surface area contributed by atoms with Gasteiger partial charge in [0.1, 0.15) is 11.5 Å². The van der Waals surface area contributed by atoms with Crippen LogP contribution in [0.3, 0.4) is 0 Å². The minimum atomic E-state index is -3.71. The average Bonchev–Trinajstić information content (AvgIpc) is 3.22. The molecular weight excluding hydrogens is 471 g/mol. The van der Waals surface area contributed by atoms with Crippen LogP contribution in [-0.2, 0) is 14.8 Å². The largest absolute Gasteiger partial charge is 0.335 e. The lowest BCUT2D eigenvalue weighted by Gasteiger charge is -2.35. The molecule has 0 N–H and O–H groups in total. The van der Waals surface area contributed by atoms with Crippen molar-refractivity contribution in [3.63, 3.8) is 0 Å². The second kappa shape index (κ2) is 9.67. The third-order valence-electron chi connectivity index (χ3n) is 5.95. The number of hydrogen-bond donors (Lipinski definition) is 0. The molecule has 1 fully saturated rings. The number of halogens is 1. The highest BCUT2D eigenvalue weighted by Crippen LogP contribution is 2.26. The lowest BCUT2D eigenvalue weighted by molar-refractivity contribution is -0.126. The topological polar surface area (TPSA) is 101 Å². The van der Waals surface area contributed by atoms with Gasteiger partial charge in [0.05, 0.1) is 4.90 Å². The highest BCUT2D eigenvalue weighted by molar-refractivity contribution is 7.89. The van der Waals surface area contributed by atoms with Crippen LogP contribution in [0.1, 0.15) is 28.1 Å². The SMILES string of the molecule is Cc1cc(C)c(S(=O)(=O)N2CCN(C(=O)/C(=C/c3cccc(F)c3)n3nnnc3C)CC2)c(C)c1. The fourth-order valence-electron chi connectivity index (χ4n) is 4.42. The fraction of sp³-hybridized carbons (Fsp3) is 0.333. The Morgan fingerprint density at radius 1 is 1.00 bits per heavy atom. The van der Waals surface area contributed by atoms with Crippen molar-refractivity contribution in [1.29, 1.82) is 0 Å². The molecule has 35 heavy (non-hydrogen) atoms. The summed E-state index contributed by atoms with van der Waals surface area (Å²) in [5.74, 6) is -0.406. The van der Waals surface area contributed by atoms with Crippen molar-refractivity contribution in [2.24, 2.45) is 0 Å². The van der Waals surface area contributed by atoms with Crippen LogP contribution < -0.4 is 0 Å². The van der Waals surface area contributed by atoms with E-state index < -0.39 is 15.8 Å². The van der Waals surface area contributed by atoms with E-state index in [9.17, 15) is 17.6 Å². The zero-order chi connectivity index (χ0) is 25.3.